The fraction of sp³-hybridized carbons (Fsp3) is 0.667. The SMILES string of the molecule is Cc1cc(S(=O)(=O)NC2CCCCC2CN)sc1Br. The van der Waals surface area contributed by atoms with Crippen molar-refractivity contribution in [3.8, 4) is 0 Å². The van der Waals surface area contributed by atoms with Gasteiger partial charge in [-0.15, -0.1) is 11.3 Å². The van der Waals surface area contributed by atoms with E-state index in [0.29, 0.717) is 10.8 Å². The summed E-state index contributed by atoms with van der Waals surface area (Å²) in [5.41, 5.74) is 6.69. The van der Waals surface area contributed by atoms with Gasteiger partial charge in [-0.05, 0) is 59.8 Å². The molecule has 0 aliphatic heterocycles. The van der Waals surface area contributed by atoms with Gasteiger partial charge in [0, 0.05) is 6.04 Å². The van der Waals surface area contributed by atoms with Crippen LogP contribution in [0.1, 0.15) is 31.2 Å². The highest BCUT2D eigenvalue weighted by Crippen LogP contribution is 2.32. The molecule has 1 aromatic rings. The molecule has 1 fully saturated rings. The van der Waals surface area contributed by atoms with E-state index in [-0.39, 0.29) is 12.0 Å². The van der Waals surface area contributed by atoms with Crippen molar-refractivity contribution in [3.05, 3.63) is 15.4 Å². The standard InChI is InChI=1S/C12H19BrN2O2S2/c1-8-6-11(18-12(8)13)19(16,17)15-10-5-3-2-4-9(10)7-14/h6,9-10,15H,2-5,7,14H2,1H3. The van der Waals surface area contributed by atoms with E-state index in [1.54, 1.807) is 6.07 Å². The number of nitrogens with one attached hydrogen (secondary N) is 1. The van der Waals surface area contributed by atoms with Crippen molar-refractivity contribution in [2.75, 3.05) is 6.54 Å². The molecule has 2 unspecified atom stereocenters. The Morgan fingerprint density at radius 1 is 1.47 bits per heavy atom. The quantitative estimate of drug-likeness (QED) is 0.859. The fourth-order valence-electron chi connectivity index (χ4n) is 2.47. The highest BCUT2D eigenvalue weighted by Gasteiger charge is 2.29. The Kier molecular flexibility index (Phi) is 5.05. The zero-order valence-corrected chi connectivity index (χ0v) is 14.1. The third-order valence-electron chi connectivity index (χ3n) is 3.62. The van der Waals surface area contributed by atoms with E-state index in [2.05, 4.69) is 20.7 Å². The van der Waals surface area contributed by atoms with Crippen LogP contribution in [0.15, 0.2) is 14.1 Å². The summed E-state index contributed by atoms with van der Waals surface area (Å²) >= 11 is 4.62. The zero-order chi connectivity index (χ0) is 14.0. The van der Waals surface area contributed by atoms with Gasteiger partial charge in [-0.3, -0.25) is 0 Å². The minimum atomic E-state index is -3.42. The van der Waals surface area contributed by atoms with Gasteiger partial charge in [0.2, 0.25) is 10.0 Å². The lowest BCUT2D eigenvalue weighted by molar-refractivity contribution is 0.296. The van der Waals surface area contributed by atoms with Crippen LogP contribution in [0.4, 0.5) is 0 Å². The Morgan fingerprint density at radius 3 is 2.74 bits per heavy atom. The summed E-state index contributed by atoms with van der Waals surface area (Å²) in [6.07, 6.45) is 4.10. The minimum Gasteiger partial charge on any atom is -0.330 e. The molecule has 1 saturated carbocycles. The summed E-state index contributed by atoms with van der Waals surface area (Å²) in [7, 11) is -3.42. The monoisotopic (exact) mass is 366 g/mol. The van der Waals surface area contributed by atoms with Gasteiger partial charge in [0.15, 0.2) is 0 Å². The third kappa shape index (κ3) is 3.58. The molecule has 19 heavy (non-hydrogen) atoms. The molecule has 0 saturated heterocycles. The van der Waals surface area contributed by atoms with Crippen LogP contribution < -0.4 is 10.5 Å². The molecule has 1 aliphatic rings. The Morgan fingerprint density at radius 2 is 2.16 bits per heavy atom. The average Bonchev–Trinajstić information content (AvgIpc) is 2.71. The molecule has 0 spiro atoms. The third-order valence-corrected chi connectivity index (χ3v) is 7.72. The van der Waals surface area contributed by atoms with Gasteiger partial charge in [0.05, 0.1) is 3.79 Å². The van der Waals surface area contributed by atoms with Gasteiger partial charge in [0.25, 0.3) is 0 Å². The topological polar surface area (TPSA) is 72.2 Å². The first-order valence-electron chi connectivity index (χ1n) is 6.42. The van der Waals surface area contributed by atoms with Crippen molar-refractivity contribution in [2.24, 2.45) is 11.7 Å². The highest BCUT2D eigenvalue weighted by atomic mass is 79.9. The number of hydrogen-bond donors (Lipinski definition) is 2. The first-order chi connectivity index (χ1) is 8.94. The van der Waals surface area contributed by atoms with Gasteiger partial charge in [-0.25, -0.2) is 13.1 Å². The van der Waals surface area contributed by atoms with Crippen LogP contribution in [-0.4, -0.2) is 21.0 Å². The van der Waals surface area contributed by atoms with Gasteiger partial charge in [-0.2, -0.15) is 0 Å². The predicted octanol–water partition coefficient (Wildman–Crippen LogP) is 2.61. The maximum atomic E-state index is 12.4. The summed E-state index contributed by atoms with van der Waals surface area (Å²) in [4.78, 5) is 0. The lowest BCUT2D eigenvalue weighted by Crippen LogP contribution is -2.44. The summed E-state index contributed by atoms with van der Waals surface area (Å²) in [5, 5.41) is 0. The molecule has 2 atom stereocenters. The molecule has 4 nitrogen and oxygen atoms in total. The van der Waals surface area contributed by atoms with Crippen molar-refractivity contribution >= 4 is 37.3 Å². The Balaban J connectivity index is 2.16. The molecule has 0 bridgehead atoms. The number of aryl methyl sites for hydroxylation is 1. The maximum Gasteiger partial charge on any atom is 0.250 e. The number of hydrogen-bond acceptors (Lipinski definition) is 4. The molecule has 3 N–H and O–H groups in total. The Labute approximate surface area is 127 Å². The first-order valence-corrected chi connectivity index (χ1v) is 9.51. The van der Waals surface area contributed by atoms with Crippen molar-refractivity contribution in [1.29, 1.82) is 0 Å². The van der Waals surface area contributed by atoms with Crippen molar-refractivity contribution in [3.63, 3.8) is 0 Å². The zero-order valence-electron chi connectivity index (χ0n) is 10.9. The predicted molar refractivity (Wildman–Crippen MR) is 81.9 cm³/mol. The van der Waals surface area contributed by atoms with E-state index < -0.39 is 10.0 Å². The normalized spacial score (nSPS) is 24.6. The van der Waals surface area contributed by atoms with Crippen LogP contribution >= 0.6 is 27.3 Å². The van der Waals surface area contributed by atoms with Gasteiger partial charge in [0.1, 0.15) is 4.21 Å². The second kappa shape index (κ2) is 6.22. The van der Waals surface area contributed by atoms with Crippen LogP contribution in [0.25, 0.3) is 0 Å². The molecular weight excluding hydrogens is 348 g/mol. The molecule has 0 aromatic carbocycles. The van der Waals surface area contributed by atoms with Gasteiger partial charge < -0.3 is 5.73 Å². The van der Waals surface area contributed by atoms with E-state index in [4.69, 9.17) is 5.73 Å². The van der Waals surface area contributed by atoms with Crippen molar-refractivity contribution < 1.29 is 8.42 Å². The first kappa shape index (κ1) is 15.4. The lowest BCUT2D eigenvalue weighted by atomic mass is 9.85. The second-order valence-electron chi connectivity index (χ2n) is 5.03. The van der Waals surface area contributed by atoms with Crippen molar-refractivity contribution in [2.45, 2.75) is 42.9 Å². The van der Waals surface area contributed by atoms with E-state index >= 15 is 0 Å². The molecule has 108 valence electrons. The second-order valence-corrected chi connectivity index (χ2v) is 9.34. The molecule has 0 radical (unpaired) electrons. The van der Waals surface area contributed by atoms with Crippen LogP contribution in [0.5, 0.6) is 0 Å². The van der Waals surface area contributed by atoms with Crippen LogP contribution in [0, 0.1) is 12.8 Å². The summed E-state index contributed by atoms with van der Waals surface area (Å²) in [6, 6.07) is 1.68. The number of sulfonamides is 1. The summed E-state index contributed by atoms with van der Waals surface area (Å²) in [6.45, 7) is 2.43. The van der Waals surface area contributed by atoms with E-state index in [9.17, 15) is 8.42 Å². The molecule has 2 rings (SSSR count). The summed E-state index contributed by atoms with van der Waals surface area (Å²) < 4.78 is 28.8. The molecule has 1 heterocycles. The largest absolute Gasteiger partial charge is 0.330 e. The number of thiophene rings is 1. The molecule has 1 aromatic heterocycles. The molecular formula is C12H19BrN2O2S2. The Hall–Kier alpha value is 0.0500. The van der Waals surface area contributed by atoms with Crippen LogP contribution in [0.2, 0.25) is 0 Å². The lowest BCUT2D eigenvalue weighted by Gasteiger charge is -2.30. The Bertz CT molecular complexity index is 522. The van der Waals surface area contributed by atoms with Gasteiger partial charge in [-0.1, -0.05) is 12.8 Å². The minimum absolute atomic E-state index is 0.0232. The van der Waals surface area contributed by atoms with E-state index in [1.807, 2.05) is 6.92 Å². The molecule has 0 amide bonds. The highest BCUT2D eigenvalue weighted by molar-refractivity contribution is 9.11. The smallest absolute Gasteiger partial charge is 0.250 e. The van der Waals surface area contributed by atoms with Gasteiger partial charge >= 0.3 is 0 Å². The van der Waals surface area contributed by atoms with E-state index in [0.717, 1.165) is 35.0 Å². The average molecular weight is 367 g/mol. The number of rotatable bonds is 4. The van der Waals surface area contributed by atoms with Crippen molar-refractivity contribution in [1.82, 2.24) is 4.72 Å². The van der Waals surface area contributed by atoms with E-state index in [1.165, 1.54) is 11.3 Å². The molecule has 7 heteroatoms. The number of nitrogens with two attached hydrogens (primary N) is 1. The number of halogens is 1. The van der Waals surface area contributed by atoms with Crippen LogP contribution in [-0.2, 0) is 10.0 Å². The maximum absolute atomic E-state index is 12.4. The fourth-order valence-corrected chi connectivity index (χ4v) is 6.05. The van der Waals surface area contributed by atoms with Crippen LogP contribution in [0.3, 0.4) is 0 Å². The summed E-state index contributed by atoms with van der Waals surface area (Å²) in [5.74, 6) is 0.257. The molecule has 1 aliphatic carbocycles.